The molecule has 0 N–H and O–H groups in total. The maximum absolute atomic E-state index is 12.0. The van der Waals surface area contributed by atoms with Crippen molar-refractivity contribution in [2.75, 3.05) is 0 Å². The average Bonchev–Trinajstić information content (AvgIpc) is 3.33. The molecule has 1 heterocycles. The zero-order chi connectivity index (χ0) is 31.5. The third kappa shape index (κ3) is 11.8. The van der Waals surface area contributed by atoms with Crippen molar-refractivity contribution in [3.63, 3.8) is 0 Å². The van der Waals surface area contributed by atoms with Gasteiger partial charge in [0.15, 0.2) is 0 Å². The van der Waals surface area contributed by atoms with Crippen LogP contribution in [0.3, 0.4) is 0 Å². The minimum Gasteiger partial charge on any atom is -0.493 e. The number of hydrogen-bond acceptors (Lipinski definition) is 0. The fraction of sp³-hybridized carbons (Fsp3) is 0.550. The van der Waals surface area contributed by atoms with Crippen molar-refractivity contribution < 1.29 is 21.2 Å². The maximum Gasteiger partial charge on any atom is 2.00 e. The molecule has 3 rings (SSSR count). The third-order valence-electron chi connectivity index (χ3n) is 8.21. The van der Waals surface area contributed by atoms with Gasteiger partial charge in [0.1, 0.15) is 0 Å². The van der Waals surface area contributed by atoms with Crippen LogP contribution in [-0.2, 0) is 42.2 Å². The second kappa shape index (κ2) is 23.4. The summed E-state index contributed by atoms with van der Waals surface area (Å²) in [5, 5.41) is 0. The molecule has 0 aromatic heterocycles. The van der Waals surface area contributed by atoms with E-state index in [1.165, 1.54) is 83.1 Å². The minimum absolute atomic E-state index is 0. The molecule has 242 valence electrons. The molecule has 0 unspecified atom stereocenters. The maximum atomic E-state index is 12.0. The van der Waals surface area contributed by atoms with Crippen molar-refractivity contribution in [1.29, 1.82) is 0 Å². The molecular weight excluding hydrogens is 567 g/mol. The smallest absolute Gasteiger partial charge is 0.493 e. The molecule has 0 aliphatic carbocycles. The van der Waals surface area contributed by atoms with Crippen LogP contribution in [0.2, 0.25) is 0 Å². The van der Waals surface area contributed by atoms with Crippen molar-refractivity contribution in [2.24, 2.45) is 0 Å². The van der Waals surface area contributed by atoms with Crippen molar-refractivity contribution in [1.82, 2.24) is 0 Å². The molecule has 0 spiro atoms. The van der Waals surface area contributed by atoms with Gasteiger partial charge < -0.3 is 19.4 Å². The molecule has 1 aliphatic rings. The number of unbranched alkanes of at least 4 members (excludes halogenated alkanes) is 6. The second-order valence-electron chi connectivity index (χ2n) is 11.1. The molecule has 2 nitrogen and oxygen atoms in total. The number of rotatable bonds is 16. The number of nitrogens with zero attached hydrogens (tertiary/aromatic N) is 2. The molecule has 3 heteroatoms. The molecule has 43 heavy (non-hydrogen) atoms. The van der Waals surface area contributed by atoms with Gasteiger partial charge in [-0.25, -0.2) is 4.70 Å². The zero-order valence-corrected chi connectivity index (χ0v) is 30.0. The van der Waals surface area contributed by atoms with E-state index < -0.39 is 0 Å². The Balaban J connectivity index is 0.00000338. The van der Waals surface area contributed by atoms with Crippen molar-refractivity contribution in [2.45, 2.75) is 145 Å². The standard InChI is InChI=1S/C36H52N2.2C2H5.Ni/c1-7-13-15-16-17-18-20-34-33(19-14-8-2)35(31-23-27(9-3)21-28(10-4)24-31)38(37)36(34)32-25-29(11-5)22-30(12-6)26-32;2*1-2;/h21-26H,7-20H2,1-6H3;2*1H2,2H3;/q;2*-1;+2. The Morgan fingerprint density at radius 2 is 0.814 bits per heavy atom. The van der Waals surface area contributed by atoms with Gasteiger partial charge in [-0.1, -0.05) is 92.2 Å². The van der Waals surface area contributed by atoms with Gasteiger partial charge in [-0.05, 0) is 97.9 Å². The average molecular weight is 630 g/mol. The van der Waals surface area contributed by atoms with Crippen LogP contribution < -0.4 is 0 Å². The van der Waals surface area contributed by atoms with Crippen molar-refractivity contribution in [3.8, 4) is 0 Å². The Bertz CT molecular complexity index is 1110. The Morgan fingerprint density at radius 3 is 1.16 bits per heavy atom. The van der Waals surface area contributed by atoms with Crippen LogP contribution in [0.1, 0.15) is 153 Å². The summed E-state index contributed by atoms with van der Waals surface area (Å²) in [6.45, 7) is 23.5. The van der Waals surface area contributed by atoms with Crippen LogP contribution in [-0.4, -0.2) is 4.70 Å². The number of benzene rings is 2. The van der Waals surface area contributed by atoms with E-state index in [0.29, 0.717) is 0 Å². The van der Waals surface area contributed by atoms with Crippen molar-refractivity contribution >= 4 is 11.4 Å². The predicted octanol–water partition coefficient (Wildman–Crippen LogP) is 12.7. The fourth-order valence-electron chi connectivity index (χ4n) is 5.84. The van der Waals surface area contributed by atoms with Crippen LogP contribution in [0.15, 0.2) is 47.5 Å². The van der Waals surface area contributed by atoms with Gasteiger partial charge >= 0.3 is 16.5 Å². The Morgan fingerprint density at radius 1 is 0.488 bits per heavy atom. The van der Waals surface area contributed by atoms with Gasteiger partial charge in [-0.15, -0.1) is 0 Å². The van der Waals surface area contributed by atoms with E-state index in [9.17, 15) is 5.53 Å². The van der Waals surface area contributed by atoms with Gasteiger partial charge in [-0.3, -0.25) is 0 Å². The first-order chi connectivity index (χ1) is 20.5. The van der Waals surface area contributed by atoms with Crippen LogP contribution in [0, 0.1) is 13.8 Å². The topological polar surface area (TPSA) is 25.3 Å². The summed E-state index contributed by atoms with van der Waals surface area (Å²) in [4.78, 5) is 0. The Labute approximate surface area is 277 Å². The molecule has 0 saturated heterocycles. The Hall–Kier alpha value is -1.99. The molecule has 0 bridgehead atoms. The first kappa shape index (κ1) is 41.0. The summed E-state index contributed by atoms with van der Waals surface area (Å²) < 4.78 is 1.58. The molecular formula is C40H62N2Ni. The van der Waals surface area contributed by atoms with Crippen LogP contribution in [0.25, 0.3) is 16.9 Å². The van der Waals surface area contributed by atoms with Crippen molar-refractivity contribution in [3.05, 3.63) is 100 Å². The molecule has 2 aromatic rings. The molecule has 0 fully saturated rings. The summed E-state index contributed by atoms with van der Waals surface area (Å²) in [6, 6.07) is 13.9. The van der Waals surface area contributed by atoms with Gasteiger partial charge in [0.2, 0.25) is 11.4 Å². The van der Waals surface area contributed by atoms with Crippen LogP contribution >= 0.6 is 0 Å². The van der Waals surface area contributed by atoms with Gasteiger partial charge in [0.05, 0.1) is 0 Å². The van der Waals surface area contributed by atoms with Crippen LogP contribution in [0.4, 0.5) is 0 Å². The molecule has 0 atom stereocenters. The Kier molecular flexibility index (Phi) is 22.3. The number of hydrogen-bond donors (Lipinski definition) is 0. The normalized spacial score (nSPS) is 12.5. The van der Waals surface area contributed by atoms with Gasteiger partial charge in [0, 0.05) is 22.3 Å². The minimum atomic E-state index is 0. The third-order valence-corrected chi connectivity index (χ3v) is 8.21. The second-order valence-corrected chi connectivity index (χ2v) is 11.1. The van der Waals surface area contributed by atoms with Gasteiger partial charge in [-0.2, -0.15) is 13.8 Å². The van der Waals surface area contributed by atoms with E-state index >= 15 is 0 Å². The summed E-state index contributed by atoms with van der Waals surface area (Å²) in [7, 11) is 0. The largest absolute Gasteiger partial charge is 2.00 e. The van der Waals surface area contributed by atoms with Gasteiger partial charge in [0.25, 0.3) is 0 Å². The number of allylic oxidation sites excluding steroid dienone is 2. The predicted molar refractivity (Wildman–Crippen MR) is 187 cm³/mol. The molecule has 0 saturated carbocycles. The fourth-order valence-corrected chi connectivity index (χ4v) is 5.84. The van der Waals surface area contributed by atoms with E-state index in [4.69, 9.17) is 0 Å². The molecule has 0 radical (unpaired) electrons. The monoisotopic (exact) mass is 628 g/mol. The molecule has 1 aliphatic heterocycles. The van der Waals surface area contributed by atoms with E-state index in [1.54, 1.807) is 18.5 Å². The van der Waals surface area contributed by atoms with E-state index in [1.807, 2.05) is 0 Å². The SMILES string of the molecule is CCCCCCCCC1=C(c2cc(CC)cc(CC)c2)[N+](=[N-])C(c2cc(CC)cc(CC)c2)=C1CCCC.[CH2-]C.[CH2-]C.[Ni+2]. The quantitative estimate of drug-likeness (QED) is 0.0764. The number of aryl methyl sites for hydroxylation is 4. The molecule has 2 aromatic carbocycles. The zero-order valence-electron chi connectivity index (χ0n) is 29.0. The van der Waals surface area contributed by atoms with E-state index in [2.05, 4.69) is 91.8 Å². The first-order valence-corrected chi connectivity index (χ1v) is 17.1. The summed E-state index contributed by atoms with van der Waals surface area (Å²) in [5.41, 5.74) is 24.6. The summed E-state index contributed by atoms with van der Waals surface area (Å²) >= 11 is 0. The molecule has 0 amide bonds. The van der Waals surface area contributed by atoms with E-state index in [0.717, 1.165) is 62.8 Å². The summed E-state index contributed by atoms with van der Waals surface area (Å²) in [6.07, 6.45) is 16.1. The summed E-state index contributed by atoms with van der Waals surface area (Å²) in [5.74, 6) is 0. The van der Waals surface area contributed by atoms with Crippen LogP contribution in [0.5, 0.6) is 0 Å². The first-order valence-electron chi connectivity index (χ1n) is 17.1. The van der Waals surface area contributed by atoms with E-state index in [-0.39, 0.29) is 16.5 Å².